The Morgan fingerprint density at radius 2 is 2.04 bits per heavy atom. The first kappa shape index (κ1) is 14.5. The molecule has 0 spiro atoms. The topological polar surface area (TPSA) is 55.1 Å². The van der Waals surface area contributed by atoms with Gasteiger partial charge in [0.25, 0.3) is 0 Å². The van der Waals surface area contributed by atoms with Gasteiger partial charge in [0, 0.05) is 22.5 Å². The van der Waals surface area contributed by atoms with Gasteiger partial charge >= 0.3 is 0 Å². The van der Waals surface area contributed by atoms with Crippen molar-refractivity contribution < 1.29 is 9.21 Å². The lowest BCUT2D eigenvalue weighted by atomic mass is 10.1. The summed E-state index contributed by atoms with van der Waals surface area (Å²) in [6.45, 7) is 2.02. The van der Waals surface area contributed by atoms with E-state index in [4.69, 9.17) is 4.42 Å². The van der Waals surface area contributed by atoms with E-state index in [0.717, 1.165) is 38.7 Å². The number of hydrogen-bond donors (Lipinski definition) is 1. The molecule has 1 N–H and O–H groups in total. The number of furan rings is 1. The Bertz CT molecular complexity index is 1040. The van der Waals surface area contributed by atoms with Crippen molar-refractivity contribution in [2.24, 2.45) is 0 Å². The number of aromatic nitrogens is 1. The lowest BCUT2D eigenvalue weighted by Gasteiger charge is -2.07. The van der Waals surface area contributed by atoms with E-state index in [9.17, 15) is 4.79 Å². The van der Waals surface area contributed by atoms with Gasteiger partial charge in [0.1, 0.15) is 5.58 Å². The van der Waals surface area contributed by atoms with Gasteiger partial charge in [0.2, 0.25) is 5.91 Å². The van der Waals surface area contributed by atoms with Crippen LogP contribution >= 0.6 is 0 Å². The van der Waals surface area contributed by atoms with E-state index >= 15 is 0 Å². The summed E-state index contributed by atoms with van der Waals surface area (Å²) in [4.78, 5) is 16.8. The van der Waals surface area contributed by atoms with Crippen molar-refractivity contribution in [2.75, 3.05) is 5.32 Å². The van der Waals surface area contributed by atoms with E-state index in [0.29, 0.717) is 0 Å². The largest absolute Gasteiger partial charge is 0.464 e. The second-order valence-electron chi connectivity index (χ2n) is 5.86. The molecule has 118 valence electrons. The molecule has 0 unspecified atom stereocenters. The standard InChI is InChI=1S/C20H16N2O2/c1-13-7-8-15-14(12-24-19(15)10-13)11-20(23)22-18-6-2-5-17-16(18)4-3-9-21-17/h2-10,12H,11H2,1H3,(H,22,23). The first-order valence-electron chi connectivity index (χ1n) is 7.81. The van der Waals surface area contributed by atoms with Crippen LogP contribution in [0.1, 0.15) is 11.1 Å². The summed E-state index contributed by atoms with van der Waals surface area (Å²) in [6.07, 6.45) is 3.68. The zero-order chi connectivity index (χ0) is 16.5. The highest BCUT2D eigenvalue weighted by Gasteiger charge is 2.12. The molecule has 0 saturated heterocycles. The molecule has 0 bridgehead atoms. The van der Waals surface area contributed by atoms with Gasteiger partial charge in [-0.15, -0.1) is 0 Å². The van der Waals surface area contributed by atoms with Crippen LogP contribution in [0.25, 0.3) is 21.9 Å². The maximum absolute atomic E-state index is 12.5. The first-order valence-corrected chi connectivity index (χ1v) is 7.81. The Hall–Kier alpha value is -3.14. The van der Waals surface area contributed by atoms with Gasteiger partial charge in [0.05, 0.1) is 23.9 Å². The SMILES string of the molecule is Cc1ccc2c(CC(=O)Nc3cccc4ncccc34)coc2c1. The number of carbonyl (C=O) groups excluding carboxylic acids is 1. The molecule has 4 nitrogen and oxygen atoms in total. The molecule has 0 radical (unpaired) electrons. The Labute approximate surface area is 139 Å². The normalized spacial score (nSPS) is 11.0. The molecule has 2 aromatic carbocycles. The first-order chi connectivity index (χ1) is 11.7. The van der Waals surface area contributed by atoms with E-state index in [1.807, 2.05) is 55.5 Å². The summed E-state index contributed by atoms with van der Waals surface area (Å²) in [5.41, 5.74) is 4.47. The van der Waals surface area contributed by atoms with E-state index in [1.165, 1.54) is 0 Å². The molecule has 0 aliphatic carbocycles. The fourth-order valence-electron chi connectivity index (χ4n) is 2.91. The molecule has 1 amide bonds. The van der Waals surface area contributed by atoms with Gasteiger partial charge in [-0.3, -0.25) is 9.78 Å². The number of nitrogens with zero attached hydrogens (tertiary/aromatic N) is 1. The number of pyridine rings is 1. The Morgan fingerprint density at radius 1 is 1.12 bits per heavy atom. The van der Waals surface area contributed by atoms with E-state index in [1.54, 1.807) is 12.5 Å². The van der Waals surface area contributed by atoms with Gasteiger partial charge in [0.15, 0.2) is 0 Å². The predicted octanol–water partition coefficient (Wildman–Crippen LogP) is 4.47. The molecule has 0 atom stereocenters. The second kappa shape index (κ2) is 5.81. The average molecular weight is 316 g/mol. The molecular weight excluding hydrogens is 300 g/mol. The van der Waals surface area contributed by atoms with Crippen LogP contribution < -0.4 is 5.32 Å². The molecule has 0 aliphatic heterocycles. The van der Waals surface area contributed by atoms with Gasteiger partial charge < -0.3 is 9.73 Å². The Kier molecular flexibility index (Phi) is 3.50. The van der Waals surface area contributed by atoms with Crippen LogP contribution in [-0.4, -0.2) is 10.9 Å². The Balaban J connectivity index is 1.60. The van der Waals surface area contributed by atoms with Crippen molar-refractivity contribution in [1.29, 1.82) is 0 Å². The smallest absolute Gasteiger partial charge is 0.228 e. The molecule has 4 aromatic rings. The van der Waals surface area contributed by atoms with Crippen molar-refractivity contribution in [1.82, 2.24) is 4.98 Å². The Morgan fingerprint density at radius 3 is 2.96 bits per heavy atom. The third-order valence-corrected chi connectivity index (χ3v) is 4.08. The molecule has 2 aromatic heterocycles. The number of anilines is 1. The van der Waals surface area contributed by atoms with Crippen LogP contribution in [0, 0.1) is 6.92 Å². The number of benzene rings is 2. The van der Waals surface area contributed by atoms with Crippen LogP contribution in [-0.2, 0) is 11.2 Å². The quantitative estimate of drug-likeness (QED) is 0.606. The minimum atomic E-state index is -0.0744. The summed E-state index contributed by atoms with van der Waals surface area (Å²) in [7, 11) is 0. The molecule has 0 aliphatic rings. The number of carbonyl (C=O) groups is 1. The molecule has 0 saturated carbocycles. The van der Waals surface area contributed by atoms with E-state index in [2.05, 4.69) is 10.3 Å². The van der Waals surface area contributed by atoms with Crippen molar-refractivity contribution >= 4 is 33.5 Å². The van der Waals surface area contributed by atoms with Crippen LogP contribution in [0.2, 0.25) is 0 Å². The van der Waals surface area contributed by atoms with E-state index < -0.39 is 0 Å². The van der Waals surface area contributed by atoms with E-state index in [-0.39, 0.29) is 12.3 Å². The number of hydrogen-bond acceptors (Lipinski definition) is 3. The van der Waals surface area contributed by atoms with Crippen LogP contribution in [0.4, 0.5) is 5.69 Å². The summed E-state index contributed by atoms with van der Waals surface area (Å²) in [5, 5.41) is 4.89. The molecule has 2 heterocycles. The number of aryl methyl sites for hydroxylation is 1. The average Bonchev–Trinajstić information content (AvgIpc) is 2.97. The van der Waals surface area contributed by atoms with Gasteiger partial charge in [-0.1, -0.05) is 18.2 Å². The molecule has 24 heavy (non-hydrogen) atoms. The number of rotatable bonds is 3. The van der Waals surface area contributed by atoms with Crippen LogP contribution in [0.15, 0.2) is 65.4 Å². The predicted molar refractivity (Wildman–Crippen MR) is 95.0 cm³/mol. The zero-order valence-electron chi connectivity index (χ0n) is 13.2. The summed E-state index contributed by atoms with van der Waals surface area (Å²) >= 11 is 0. The van der Waals surface area contributed by atoms with Gasteiger partial charge in [-0.25, -0.2) is 0 Å². The maximum Gasteiger partial charge on any atom is 0.228 e. The van der Waals surface area contributed by atoms with Gasteiger partial charge in [-0.2, -0.15) is 0 Å². The fourth-order valence-corrected chi connectivity index (χ4v) is 2.91. The highest BCUT2D eigenvalue weighted by Crippen LogP contribution is 2.24. The van der Waals surface area contributed by atoms with Crippen molar-refractivity contribution in [3.05, 3.63) is 72.1 Å². The maximum atomic E-state index is 12.5. The zero-order valence-corrected chi connectivity index (χ0v) is 13.2. The van der Waals surface area contributed by atoms with Crippen molar-refractivity contribution in [3.8, 4) is 0 Å². The summed E-state index contributed by atoms with van der Waals surface area (Å²) in [5.74, 6) is -0.0744. The fraction of sp³-hybridized carbons (Fsp3) is 0.100. The molecule has 4 heteroatoms. The highest BCUT2D eigenvalue weighted by molar-refractivity contribution is 6.02. The third kappa shape index (κ3) is 2.63. The lowest BCUT2D eigenvalue weighted by Crippen LogP contribution is -2.14. The molecule has 4 rings (SSSR count). The van der Waals surface area contributed by atoms with Crippen molar-refractivity contribution in [2.45, 2.75) is 13.3 Å². The number of nitrogens with one attached hydrogen (secondary N) is 1. The third-order valence-electron chi connectivity index (χ3n) is 4.08. The summed E-state index contributed by atoms with van der Waals surface area (Å²) in [6, 6.07) is 15.5. The van der Waals surface area contributed by atoms with Crippen LogP contribution in [0.5, 0.6) is 0 Å². The number of fused-ring (bicyclic) bond motifs is 2. The highest BCUT2D eigenvalue weighted by atomic mass is 16.3. The minimum Gasteiger partial charge on any atom is -0.464 e. The minimum absolute atomic E-state index is 0.0744. The number of amides is 1. The van der Waals surface area contributed by atoms with Crippen LogP contribution in [0.3, 0.4) is 0 Å². The van der Waals surface area contributed by atoms with Gasteiger partial charge in [-0.05, 0) is 42.8 Å². The monoisotopic (exact) mass is 316 g/mol. The summed E-state index contributed by atoms with van der Waals surface area (Å²) < 4.78 is 5.56. The lowest BCUT2D eigenvalue weighted by molar-refractivity contribution is -0.115. The van der Waals surface area contributed by atoms with Crippen molar-refractivity contribution in [3.63, 3.8) is 0 Å². The molecule has 0 fully saturated rings. The molecular formula is C20H16N2O2. The second-order valence-corrected chi connectivity index (χ2v) is 5.86.